The lowest BCUT2D eigenvalue weighted by Crippen LogP contribution is -2.54. The monoisotopic (exact) mass is 553 g/mol. The van der Waals surface area contributed by atoms with Gasteiger partial charge in [0.05, 0.1) is 16.8 Å². The highest BCUT2D eigenvalue weighted by molar-refractivity contribution is 6.25. The molecule has 0 bridgehead atoms. The summed E-state index contributed by atoms with van der Waals surface area (Å²) in [5.74, 6) is -2.09. The van der Waals surface area contributed by atoms with E-state index in [1.54, 1.807) is 24.4 Å². The van der Waals surface area contributed by atoms with Gasteiger partial charge in [0.15, 0.2) is 0 Å². The molecule has 2 aromatic carbocycles. The van der Waals surface area contributed by atoms with Crippen molar-refractivity contribution in [2.24, 2.45) is 0 Å². The van der Waals surface area contributed by atoms with Gasteiger partial charge in [-0.25, -0.2) is 0 Å². The van der Waals surface area contributed by atoms with Crippen molar-refractivity contribution in [3.05, 3.63) is 94.8 Å². The molecule has 3 aliphatic heterocycles. The second kappa shape index (κ2) is 10.9. The number of likely N-dealkylation sites (tertiary alicyclic amines) is 1. The quantitative estimate of drug-likeness (QED) is 0.381. The molecule has 3 N–H and O–H groups in total. The maximum Gasteiger partial charge on any atom is 0.264 e. The van der Waals surface area contributed by atoms with Crippen LogP contribution in [0.2, 0.25) is 0 Å². The number of imide groups is 2. The van der Waals surface area contributed by atoms with E-state index in [0.29, 0.717) is 25.1 Å². The summed E-state index contributed by atoms with van der Waals surface area (Å²) in [6.45, 7) is 2.78. The molecule has 210 valence electrons. The predicted molar refractivity (Wildman–Crippen MR) is 150 cm³/mol. The fourth-order valence-electron chi connectivity index (χ4n) is 5.86. The summed E-state index contributed by atoms with van der Waals surface area (Å²) in [5, 5.41) is 16.5. The van der Waals surface area contributed by atoms with Gasteiger partial charge in [0.2, 0.25) is 11.8 Å². The number of hydrogen-bond donors (Lipinski definition) is 3. The lowest BCUT2D eigenvalue weighted by atomic mass is 9.87. The molecule has 10 nitrogen and oxygen atoms in total. The number of benzene rings is 2. The van der Waals surface area contributed by atoms with Crippen molar-refractivity contribution in [3.8, 4) is 0 Å². The lowest BCUT2D eigenvalue weighted by molar-refractivity contribution is -0.136. The number of hydrogen-bond acceptors (Lipinski definition) is 8. The van der Waals surface area contributed by atoms with Crippen molar-refractivity contribution in [1.82, 2.24) is 20.1 Å². The summed E-state index contributed by atoms with van der Waals surface area (Å²) in [4.78, 5) is 57.9. The molecule has 2 saturated heterocycles. The maximum absolute atomic E-state index is 13.3. The number of carbonyl (C=O) groups excluding carboxylic acids is 4. The molecule has 3 aliphatic rings. The third-order valence-electron chi connectivity index (χ3n) is 8.21. The second-order valence-electron chi connectivity index (χ2n) is 10.9. The zero-order chi connectivity index (χ0) is 28.6. The molecule has 1 atom stereocenters. The van der Waals surface area contributed by atoms with Crippen LogP contribution in [-0.2, 0) is 28.3 Å². The van der Waals surface area contributed by atoms with Gasteiger partial charge >= 0.3 is 0 Å². The third-order valence-corrected chi connectivity index (χ3v) is 8.21. The van der Waals surface area contributed by atoms with E-state index in [1.165, 1.54) is 5.56 Å². The highest BCUT2D eigenvalue weighted by atomic mass is 16.3. The fourth-order valence-corrected chi connectivity index (χ4v) is 5.86. The first-order valence-electron chi connectivity index (χ1n) is 13.8. The van der Waals surface area contributed by atoms with E-state index in [9.17, 15) is 24.3 Å². The van der Waals surface area contributed by atoms with Crippen LogP contribution in [0.1, 0.15) is 63.2 Å². The van der Waals surface area contributed by atoms with Crippen molar-refractivity contribution < 1.29 is 24.3 Å². The van der Waals surface area contributed by atoms with E-state index >= 15 is 0 Å². The predicted octanol–water partition coefficient (Wildman–Crippen LogP) is 2.58. The van der Waals surface area contributed by atoms with Gasteiger partial charge in [0.1, 0.15) is 11.6 Å². The van der Waals surface area contributed by atoms with Gasteiger partial charge in [-0.15, -0.1) is 0 Å². The van der Waals surface area contributed by atoms with Gasteiger partial charge in [-0.05, 0) is 54.7 Å². The molecule has 4 heterocycles. The molecule has 0 saturated carbocycles. The number of carbonyl (C=O) groups is 4. The Morgan fingerprint density at radius 3 is 2.39 bits per heavy atom. The van der Waals surface area contributed by atoms with E-state index in [2.05, 4.69) is 32.7 Å². The van der Waals surface area contributed by atoms with Gasteiger partial charge in [-0.3, -0.25) is 39.3 Å². The van der Waals surface area contributed by atoms with Gasteiger partial charge in [0, 0.05) is 44.5 Å². The summed E-state index contributed by atoms with van der Waals surface area (Å²) in [5.41, 5.74) is 3.04. The van der Waals surface area contributed by atoms with E-state index in [0.717, 1.165) is 35.8 Å². The number of piperidine rings is 2. The van der Waals surface area contributed by atoms with Crippen LogP contribution in [-0.4, -0.2) is 62.7 Å². The first kappa shape index (κ1) is 26.8. The Morgan fingerprint density at radius 2 is 1.68 bits per heavy atom. The standard InChI is InChI=1S/C31H31N5O5/c37-26-12-11-24(28(38)34-26)36-29(39)22-4-3-5-23(27(22)30(36)40)33-18-20-7-9-21(10-8-20)19-35-16-13-31(41,14-17-35)25-6-1-2-15-32-25/h1-10,15,24,33,41H,11-14,16-19H2,(H,34,37,38). The molecule has 2 fully saturated rings. The number of aromatic nitrogens is 1. The topological polar surface area (TPSA) is 132 Å². The highest BCUT2D eigenvalue weighted by Gasteiger charge is 2.45. The average molecular weight is 554 g/mol. The normalized spacial score (nSPS) is 20.6. The minimum atomic E-state index is -0.996. The molecular weight excluding hydrogens is 522 g/mol. The number of amides is 4. The van der Waals surface area contributed by atoms with E-state index in [-0.39, 0.29) is 24.0 Å². The van der Waals surface area contributed by atoms with Crippen LogP contribution in [0.25, 0.3) is 0 Å². The number of nitrogens with zero attached hydrogens (tertiary/aromatic N) is 3. The SMILES string of the molecule is O=C1CCC(N2C(=O)c3cccc(NCc4ccc(CN5CCC(O)(c6ccccn6)CC5)cc4)c3C2=O)C(=O)N1. The maximum atomic E-state index is 13.3. The summed E-state index contributed by atoms with van der Waals surface area (Å²) in [6.07, 6.45) is 3.18. The molecule has 41 heavy (non-hydrogen) atoms. The number of rotatable bonds is 7. The number of nitrogens with one attached hydrogen (secondary N) is 2. The van der Waals surface area contributed by atoms with Crippen LogP contribution in [0.3, 0.4) is 0 Å². The van der Waals surface area contributed by atoms with Crippen molar-refractivity contribution in [2.75, 3.05) is 18.4 Å². The van der Waals surface area contributed by atoms with E-state index in [1.807, 2.05) is 30.3 Å². The molecule has 1 aromatic heterocycles. The smallest absolute Gasteiger partial charge is 0.264 e. The van der Waals surface area contributed by atoms with Crippen LogP contribution in [0.4, 0.5) is 5.69 Å². The van der Waals surface area contributed by atoms with E-state index in [4.69, 9.17) is 0 Å². The van der Waals surface area contributed by atoms with Crippen molar-refractivity contribution in [1.29, 1.82) is 0 Å². The molecule has 1 unspecified atom stereocenters. The first-order valence-corrected chi connectivity index (χ1v) is 13.8. The minimum Gasteiger partial charge on any atom is -0.383 e. The summed E-state index contributed by atoms with van der Waals surface area (Å²) >= 11 is 0. The van der Waals surface area contributed by atoms with Crippen molar-refractivity contribution in [2.45, 2.75) is 50.4 Å². The van der Waals surface area contributed by atoms with Gasteiger partial charge in [0.25, 0.3) is 11.8 Å². The van der Waals surface area contributed by atoms with Crippen LogP contribution in [0.5, 0.6) is 0 Å². The Balaban J connectivity index is 1.07. The molecule has 3 aromatic rings. The van der Waals surface area contributed by atoms with E-state index < -0.39 is 35.3 Å². The van der Waals surface area contributed by atoms with Crippen molar-refractivity contribution >= 4 is 29.3 Å². The van der Waals surface area contributed by atoms with Crippen LogP contribution in [0.15, 0.2) is 66.9 Å². The second-order valence-corrected chi connectivity index (χ2v) is 10.9. The van der Waals surface area contributed by atoms with Gasteiger partial charge < -0.3 is 10.4 Å². The number of pyridine rings is 1. The number of aliphatic hydroxyl groups is 1. The zero-order valence-electron chi connectivity index (χ0n) is 22.5. The van der Waals surface area contributed by atoms with Crippen LogP contribution < -0.4 is 10.6 Å². The number of anilines is 1. The molecule has 0 radical (unpaired) electrons. The third kappa shape index (κ3) is 5.23. The average Bonchev–Trinajstić information content (AvgIpc) is 3.24. The molecule has 0 spiro atoms. The largest absolute Gasteiger partial charge is 0.383 e. The fraction of sp³-hybridized carbons (Fsp3) is 0.323. The summed E-state index contributed by atoms with van der Waals surface area (Å²) in [6, 6.07) is 17.9. The molecule has 10 heteroatoms. The van der Waals surface area contributed by atoms with Crippen LogP contribution >= 0.6 is 0 Å². The van der Waals surface area contributed by atoms with Crippen molar-refractivity contribution in [3.63, 3.8) is 0 Å². The summed E-state index contributed by atoms with van der Waals surface area (Å²) in [7, 11) is 0. The Labute approximate surface area is 237 Å². The molecule has 4 amide bonds. The molecule has 6 rings (SSSR count). The summed E-state index contributed by atoms with van der Waals surface area (Å²) < 4.78 is 0. The van der Waals surface area contributed by atoms with Gasteiger partial charge in [-0.1, -0.05) is 36.4 Å². The zero-order valence-corrected chi connectivity index (χ0v) is 22.5. The molecular formula is C31H31N5O5. The highest BCUT2D eigenvalue weighted by Crippen LogP contribution is 2.33. The van der Waals surface area contributed by atoms with Crippen LogP contribution in [0, 0.1) is 0 Å². The Kier molecular flexibility index (Phi) is 7.10. The van der Waals surface area contributed by atoms with Gasteiger partial charge in [-0.2, -0.15) is 0 Å². The first-order chi connectivity index (χ1) is 19.8. The Hall–Kier alpha value is -4.41. The Morgan fingerprint density at radius 1 is 0.927 bits per heavy atom. The lowest BCUT2D eigenvalue weighted by Gasteiger charge is -2.37. The molecule has 0 aliphatic carbocycles. The number of fused-ring (bicyclic) bond motifs is 1. The minimum absolute atomic E-state index is 0.0794. The Bertz CT molecular complexity index is 1500.